The number of hydrogen-bond donors (Lipinski definition) is 2. The third kappa shape index (κ3) is 4.49. The Labute approximate surface area is 131 Å². The first-order valence-corrected chi connectivity index (χ1v) is 7.13. The van der Waals surface area contributed by atoms with Gasteiger partial charge in [-0.3, -0.25) is 4.79 Å². The van der Waals surface area contributed by atoms with Crippen LogP contribution in [-0.4, -0.2) is 53.9 Å². The van der Waals surface area contributed by atoms with Gasteiger partial charge in [-0.15, -0.1) is 0 Å². The predicted molar refractivity (Wildman–Crippen MR) is 78.0 cm³/mol. The van der Waals surface area contributed by atoms with E-state index in [-0.39, 0.29) is 26.1 Å². The lowest BCUT2D eigenvalue weighted by Crippen LogP contribution is -2.54. The third-order valence-corrected chi connectivity index (χ3v) is 3.56. The Morgan fingerprint density at radius 1 is 1.50 bits per heavy atom. The van der Waals surface area contributed by atoms with Crippen LogP contribution in [0.3, 0.4) is 0 Å². The number of carbonyl (C=O) groups excluding carboxylic acids is 1. The van der Waals surface area contributed by atoms with Gasteiger partial charge in [0.15, 0.2) is 6.61 Å². The van der Waals surface area contributed by atoms with E-state index < -0.39 is 24.2 Å². The molecule has 1 aromatic carbocycles. The van der Waals surface area contributed by atoms with Crippen molar-refractivity contribution in [3.63, 3.8) is 0 Å². The summed E-state index contributed by atoms with van der Waals surface area (Å²) in [7, 11) is 0. The lowest BCUT2D eigenvalue weighted by Gasteiger charge is -2.33. The molecule has 0 spiro atoms. The molecule has 1 fully saturated rings. The molecule has 1 saturated heterocycles. The Balaban J connectivity index is 1.79. The number of carbonyl (C=O) groups is 2. The van der Waals surface area contributed by atoms with E-state index >= 15 is 0 Å². The van der Waals surface area contributed by atoms with Gasteiger partial charge in [0.25, 0.3) is 5.91 Å². The number of rotatable bonds is 4. The number of amides is 2. The maximum atomic E-state index is 13.9. The van der Waals surface area contributed by atoms with Gasteiger partial charge in [-0.2, -0.15) is 0 Å². The summed E-state index contributed by atoms with van der Waals surface area (Å²) in [6, 6.07) is 5.89. The van der Waals surface area contributed by atoms with Crippen LogP contribution in [0.25, 0.3) is 0 Å². The quantitative estimate of drug-likeness (QED) is 0.884. The van der Waals surface area contributed by atoms with E-state index in [4.69, 9.17) is 21.4 Å². The van der Waals surface area contributed by atoms with Crippen LogP contribution in [0.15, 0.2) is 24.3 Å². The Morgan fingerprint density at radius 2 is 2.27 bits per heavy atom. The molecule has 1 aliphatic rings. The number of hydrogen-bond acceptors (Lipinski definition) is 3. The van der Waals surface area contributed by atoms with E-state index in [2.05, 4.69) is 5.32 Å². The normalized spacial score (nSPS) is 21.3. The highest BCUT2D eigenvalue weighted by molar-refractivity contribution is 6.30. The fourth-order valence-corrected chi connectivity index (χ4v) is 2.38. The molecular formula is C14H16ClFN2O4. The first-order chi connectivity index (χ1) is 10.5. The van der Waals surface area contributed by atoms with Crippen molar-refractivity contribution in [3.8, 4) is 5.75 Å². The van der Waals surface area contributed by atoms with Gasteiger partial charge in [-0.1, -0.05) is 17.7 Å². The van der Waals surface area contributed by atoms with Crippen molar-refractivity contribution < 1.29 is 23.8 Å². The molecule has 0 bridgehead atoms. The smallest absolute Gasteiger partial charge is 0.407 e. The molecule has 0 aromatic heterocycles. The van der Waals surface area contributed by atoms with Crippen molar-refractivity contribution >= 4 is 23.6 Å². The zero-order valence-corrected chi connectivity index (χ0v) is 12.4. The predicted octanol–water partition coefficient (Wildman–Crippen LogP) is 1.93. The Morgan fingerprint density at radius 3 is 2.91 bits per heavy atom. The van der Waals surface area contributed by atoms with Crippen LogP contribution in [0, 0.1) is 0 Å². The fourth-order valence-electron chi connectivity index (χ4n) is 2.20. The van der Waals surface area contributed by atoms with Crippen molar-refractivity contribution in [2.75, 3.05) is 19.7 Å². The van der Waals surface area contributed by atoms with Gasteiger partial charge in [-0.05, 0) is 24.6 Å². The summed E-state index contributed by atoms with van der Waals surface area (Å²) in [6.07, 6.45) is -2.35. The average molecular weight is 331 g/mol. The minimum atomic E-state index is -1.43. The molecule has 1 aromatic rings. The summed E-state index contributed by atoms with van der Waals surface area (Å²) >= 11 is 5.79. The molecule has 0 saturated carbocycles. The summed E-state index contributed by atoms with van der Waals surface area (Å²) in [5.74, 6) is -0.0171. The molecule has 8 heteroatoms. The summed E-state index contributed by atoms with van der Waals surface area (Å²) in [4.78, 5) is 23.5. The molecule has 6 nitrogen and oxygen atoms in total. The van der Waals surface area contributed by atoms with E-state index in [0.717, 1.165) is 4.90 Å². The summed E-state index contributed by atoms with van der Waals surface area (Å²) < 4.78 is 19.1. The number of halogens is 2. The molecule has 0 radical (unpaired) electrons. The zero-order valence-electron chi connectivity index (χ0n) is 11.7. The Bertz CT molecular complexity index is 557. The third-order valence-electron chi connectivity index (χ3n) is 3.32. The van der Waals surface area contributed by atoms with Crippen LogP contribution in [-0.2, 0) is 4.79 Å². The Kier molecular flexibility index (Phi) is 5.43. The van der Waals surface area contributed by atoms with Crippen LogP contribution in [0.1, 0.15) is 6.42 Å². The molecule has 1 aliphatic heterocycles. The molecule has 120 valence electrons. The second kappa shape index (κ2) is 7.31. The minimum absolute atomic E-state index is 0.190. The first-order valence-electron chi connectivity index (χ1n) is 6.75. The standard InChI is InChI=1S/C14H16ClFN2O4/c15-9-2-1-3-10(6-9)22-8-13(19)17-12-4-5-18(14(20)21)7-11(12)16/h1-3,6,11-12H,4-5,7-8H2,(H,17,19)(H,20,21)/t11-,12-/m0/s1. The lowest BCUT2D eigenvalue weighted by molar-refractivity contribution is -0.124. The number of benzene rings is 1. The number of piperidine rings is 1. The van der Waals surface area contributed by atoms with Crippen molar-refractivity contribution in [2.24, 2.45) is 0 Å². The molecule has 0 unspecified atom stereocenters. The highest BCUT2D eigenvalue weighted by Crippen LogP contribution is 2.17. The van der Waals surface area contributed by atoms with Gasteiger partial charge < -0.3 is 20.1 Å². The molecule has 1 heterocycles. The molecule has 2 rings (SSSR count). The number of nitrogens with one attached hydrogen (secondary N) is 1. The van der Waals surface area contributed by atoms with Crippen LogP contribution >= 0.6 is 11.6 Å². The topological polar surface area (TPSA) is 78.9 Å². The number of likely N-dealkylation sites (tertiary alicyclic amines) is 1. The summed E-state index contributed by atoms with van der Waals surface area (Å²) in [5.41, 5.74) is 0. The van der Waals surface area contributed by atoms with E-state index in [1.54, 1.807) is 24.3 Å². The Hall–Kier alpha value is -2.02. The summed E-state index contributed by atoms with van der Waals surface area (Å²) in [6.45, 7) is -0.308. The molecule has 2 atom stereocenters. The molecule has 0 aliphatic carbocycles. The fraction of sp³-hybridized carbons (Fsp3) is 0.429. The highest BCUT2D eigenvalue weighted by Gasteiger charge is 2.32. The van der Waals surface area contributed by atoms with Crippen LogP contribution in [0.2, 0.25) is 5.02 Å². The van der Waals surface area contributed by atoms with Gasteiger partial charge in [0.05, 0.1) is 12.6 Å². The maximum absolute atomic E-state index is 13.9. The monoisotopic (exact) mass is 330 g/mol. The van der Waals surface area contributed by atoms with E-state index in [1.807, 2.05) is 0 Å². The van der Waals surface area contributed by atoms with E-state index in [0.29, 0.717) is 10.8 Å². The van der Waals surface area contributed by atoms with Gasteiger partial charge in [0, 0.05) is 11.6 Å². The van der Waals surface area contributed by atoms with Gasteiger partial charge in [-0.25, -0.2) is 9.18 Å². The second-order valence-corrected chi connectivity index (χ2v) is 5.39. The number of alkyl halides is 1. The molecular weight excluding hydrogens is 315 g/mol. The molecule has 2 amide bonds. The molecule has 2 N–H and O–H groups in total. The van der Waals surface area contributed by atoms with E-state index in [9.17, 15) is 14.0 Å². The van der Waals surface area contributed by atoms with E-state index in [1.165, 1.54) is 0 Å². The van der Waals surface area contributed by atoms with Crippen LogP contribution in [0.4, 0.5) is 9.18 Å². The van der Waals surface area contributed by atoms with Crippen molar-refractivity contribution in [3.05, 3.63) is 29.3 Å². The van der Waals surface area contributed by atoms with Crippen molar-refractivity contribution in [2.45, 2.75) is 18.6 Å². The first kappa shape index (κ1) is 16.4. The highest BCUT2D eigenvalue weighted by atomic mass is 35.5. The van der Waals surface area contributed by atoms with Crippen molar-refractivity contribution in [1.82, 2.24) is 10.2 Å². The second-order valence-electron chi connectivity index (χ2n) is 4.95. The van der Waals surface area contributed by atoms with Gasteiger partial charge in [0.1, 0.15) is 11.9 Å². The van der Waals surface area contributed by atoms with Crippen molar-refractivity contribution in [1.29, 1.82) is 0 Å². The van der Waals surface area contributed by atoms with Gasteiger partial charge in [0.2, 0.25) is 0 Å². The lowest BCUT2D eigenvalue weighted by atomic mass is 10.0. The maximum Gasteiger partial charge on any atom is 0.407 e. The number of ether oxygens (including phenoxy) is 1. The summed E-state index contributed by atoms with van der Waals surface area (Å²) in [5, 5.41) is 11.8. The van der Waals surface area contributed by atoms with Crippen LogP contribution in [0.5, 0.6) is 5.75 Å². The van der Waals surface area contributed by atoms with Gasteiger partial charge >= 0.3 is 6.09 Å². The largest absolute Gasteiger partial charge is 0.484 e. The number of nitrogens with zero attached hydrogens (tertiary/aromatic N) is 1. The SMILES string of the molecule is O=C(COc1cccc(Cl)c1)N[C@H]1CCN(C(=O)O)C[C@@H]1F. The zero-order chi connectivity index (χ0) is 16.1. The minimum Gasteiger partial charge on any atom is -0.484 e. The number of carboxylic acid groups (broad SMARTS) is 1. The molecule has 22 heavy (non-hydrogen) atoms. The average Bonchev–Trinajstić information content (AvgIpc) is 2.47. The van der Waals surface area contributed by atoms with Crippen LogP contribution < -0.4 is 10.1 Å².